The van der Waals surface area contributed by atoms with Gasteiger partial charge < -0.3 is 11.1 Å². The van der Waals surface area contributed by atoms with Gasteiger partial charge in [0.05, 0.1) is 4.88 Å². The van der Waals surface area contributed by atoms with Crippen LogP contribution in [0.5, 0.6) is 0 Å². The first-order valence-corrected chi connectivity index (χ1v) is 9.44. The van der Waals surface area contributed by atoms with E-state index in [4.69, 9.17) is 5.73 Å². The molecule has 6 heteroatoms. The standard InChI is InChI=1S/C21H20N4S.ClH/c22-12-19(10-15-4-2-1-3-5-15)25-21-24-14-20(26-21)17-6-7-18-13-23-9-8-16(18)11-17;/h1-9,11,13-14,19H,10,12,22H2,(H,24,25);1H/t19-;/m1./s1. The summed E-state index contributed by atoms with van der Waals surface area (Å²) in [4.78, 5) is 9.85. The number of nitrogens with two attached hydrogens (primary N) is 1. The Morgan fingerprint density at radius 3 is 2.67 bits per heavy atom. The lowest BCUT2D eigenvalue weighted by Gasteiger charge is -2.16. The molecule has 27 heavy (non-hydrogen) atoms. The molecule has 0 aliphatic heterocycles. The zero-order chi connectivity index (χ0) is 17.8. The zero-order valence-corrected chi connectivity index (χ0v) is 16.3. The molecule has 2 aromatic heterocycles. The Bertz CT molecular complexity index is 1000. The summed E-state index contributed by atoms with van der Waals surface area (Å²) in [6.45, 7) is 0.562. The van der Waals surface area contributed by atoms with Gasteiger partial charge in [-0.3, -0.25) is 4.98 Å². The van der Waals surface area contributed by atoms with Gasteiger partial charge in [0.25, 0.3) is 0 Å². The molecule has 0 spiro atoms. The third kappa shape index (κ3) is 4.63. The number of thiazole rings is 1. The average Bonchev–Trinajstić information content (AvgIpc) is 3.16. The summed E-state index contributed by atoms with van der Waals surface area (Å²) in [7, 11) is 0. The van der Waals surface area contributed by atoms with Gasteiger partial charge in [0.2, 0.25) is 0 Å². The number of hydrogen-bond acceptors (Lipinski definition) is 5. The maximum absolute atomic E-state index is 5.96. The van der Waals surface area contributed by atoms with Crippen molar-refractivity contribution < 1.29 is 0 Å². The molecule has 2 heterocycles. The fourth-order valence-corrected chi connectivity index (χ4v) is 3.87. The van der Waals surface area contributed by atoms with E-state index in [1.54, 1.807) is 11.3 Å². The number of aromatic nitrogens is 2. The van der Waals surface area contributed by atoms with E-state index in [2.05, 4.69) is 57.7 Å². The first-order chi connectivity index (χ1) is 12.8. The summed E-state index contributed by atoms with van der Waals surface area (Å²) >= 11 is 1.66. The molecule has 0 fully saturated rings. The predicted molar refractivity (Wildman–Crippen MR) is 117 cm³/mol. The van der Waals surface area contributed by atoms with Gasteiger partial charge in [0.15, 0.2) is 5.13 Å². The Hall–Kier alpha value is -2.47. The van der Waals surface area contributed by atoms with Crippen molar-refractivity contribution in [3.63, 3.8) is 0 Å². The SMILES string of the molecule is Cl.NC[C@@H](Cc1ccccc1)Nc1ncc(-c2ccc3cnccc3c2)s1. The molecule has 2 aromatic carbocycles. The van der Waals surface area contributed by atoms with Crippen molar-refractivity contribution in [3.8, 4) is 10.4 Å². The maximum atomic E-state index is 5.96. The van der Waals surface area contributed by atoms with E-state index in [0.29, 0.717) is 6.54 Å². The maximum Gasteiger partial charge on any atom is 0.183 e. The van der Waals surface area contributed by atoms with Crippen molar-refractivity contribution in [1.29, 1.82) is 0 Å². The van der Waals surface area contributed by atoms with Crippen LogP contribution in [0.4, 0.5) is 5.13 Å². The summed E-state index contributed by atoms with van der Waals surface area (Å²) in [6, 6.07) is 19.0. The monoisotopic (exact) mass is 396 g/mol. The van der Waals surface area contributed by atoms with Crippen LogP contribution < -0.4 is 11.1 Å². The molecule has 3 N–H and O–H groups in total. The average molecular weight is 397 g/mol. The predicted octanol–water partition coefficient (Wildman–Crippen LogP) is 4.76. The van der Waals surface area contributed by atoms with Crippen LogP contribution in [-0.4, -0.2) is 22.6 Å². The molecule has 4 rings (SSSR count). The van der Waals surface area contributed by atoms with Crippen molar-refractivity contribution in [1.82, 2.24) is 9.97 Å². The lowest BCUT2D eigenvalue weighted by atomic mass is 10.1. The van der Waals surface area contributed by atoms with Crippen LogP contribution in [0.25, 0.3) is 21.2 Å². The van der Waals surface area contributed by atoms with E-state index in [9.17, 15) is 0 Å². The van der Waals surface area contributed by atoms with Crippen molar-refractivity contribution in [2.45, 2.75) is 12.5 Å². The fraction of sp³-hybridized carbons (Fsp3) is 0.143. The Kier molecular flexibility index (Phi) is 6.40. The number of hydrogen-bond donors (Lipinski definition) is 2. The molecule has 0 saturated heterocycles. The van der Waals surface area contributed by atoms with Gasteiger partial charge in [0, 0.05) is 36.6 Å². The summed E-state index contributed by atoms with van der Waals surface area (Å²) < 4.78 is 0. The molecule has 4 aromatic rings. The highest BCUT2D eigenvalue weighted by atomic mass is 35.5. The summed E-state index contributed by atoms with van der Waals surface area (Å²) in [5.74, 6) is 0. The third-order valence-electron chi connectivity index (χ3n) is 4.37. The quantitative estimate of drug-likeness (QED) is 0.493. The molecule has 0 aliphatic rings. The minimum atomic E-state index is 0. The number of rotatable bonds is 6. The highest BCUT2D eigenvalue weighted by Crippen LogP contribution is 2.31. The zero-order valence-electron chi connectivity index (χ0n) is 14.7. The number of nitrogens with one attached hydrogen (secondary N) is 1. The first-order valence-electron chi connectivity index (χ1n) is 8.62. The number of fused-ring (bicyclic) bond motifs is 1. The topological polar surface area (TPSA) is 63.8 Å². The van der Waals surface area contributed by atoms with Crippen molar-refractivity contribution >= 4 is 39.6 Å². The Labute approximate surface area is 168 Å². The smallest absolute Gasteiger partial charge is 0.183 e. The molecule has 138 valence electrons. The van der Waals surface area contributed by atoms with E-state index in [0.717, 1.165) is 21.8 Å². The second-order valence-electron chi connectivity index (χ2n) is 6.23. The van der Waals surface area contributed by atoms with E-state index in [1.807, 2.05) is 30.7 Å². The molecule has 0 aliphatic carbocycles. The minimum Gasteiger partial charge on any atom is -0.357 e. The van der Waals surface area contributed by atoms with E-state index >= 15 is 0 Å². The van der Waals surface area contributed by atoms with Crippen molar-refractivity contribution in [2.24, 2.45) is 5.73 Å². The highest BCUT2D eigenvalue weighted by Gasteiger charge is 2.11. The summed E-state index contributed by atoms with van der Waals surface area (Å²) in [5, 5.41) is 6.71. The van der Waals surface area contributed by atoms with Crippen LogP contribution in [0.1, 0.15) is 5.56 Å². The van der Waals surface area contributed by atoms with E-state index < -0.39 is 0 Å². The van der Waals surface area contributed by atoms with Crippen LogP contribution in [0.2, 0.25) is 0 Å². The number of halogens is 1. The second-order valence-corrected chi connectivity index (χ2v) is 7.26. The van der Waals surface area contributed by atoms with Gasteiger partial charge in [-0.25, -0.2) is 4.98 Å². The fourth-order valence-electron chi connectivity index (χ4n) is 2.98. The van der Waals surface area contributed by atoms with Crippen molar-refractivity contribution in [2.75, 3.05) is 11.9 Å². The number of anilines is 1. The largest absolute Gasteiger partial charge is 0.357 e. The molecule has 1 atom stereocenters. The van der Waals surface area contributed by atoms with Crippen molar-refractivity contribution in [3.05, 3.63) is 78.8 Å². The Morgan fingerprint density at radius 1 is 1.00 bits per heavy atom. The lowest BCUT2D eigenvalue weighted by molar-refractivity contribution is 0.723. The minimum absolute atomic E-state index is 0. The Balaban J connectivity index is 0.00000210. The van der Waals surface area contributed by atoms with Crippen LogP contribution in [-0.2, 0) is 6.42 Å². The molecule has 0 unspecified atom stereocenters. The molecule has 0 radical (unpaired) electrons. The van der Waals surface area contributed by atoms with Crippen LogP contribution in [0.15, 0.2) is 73.2 Å². The van der Waals surface area contributed by atoms with Crippen LogP contribution >= 0.6 is 23.7 Å². The van der Waals surface area contributed by atoms with E-state index in [1.165, 1.54) is 16.5 Å². The number of nitrogens with zero attached hydrogens (tertiary/aromatic N) is 2. The number of pyridine rings is 1. The molecule has 0 amide bonds. The normalized spacial score (nSPS) is 11.7. The van der Waals surface area contributed by atoms with Gasteiger partial charge >= 0.3 is 0 Å². The van der Waals surface area contributed by atoms with Crippen LogP contribution in [0, 0.1) is 0 Å². The molecule has 0 saturated carbocycles. The highest BCUT2D eigenvalue weighted by molar-refractivity contribution is 7.18. The van der Waals surface area contributed by atoms with Gasteiger partial charge in [-0.1, -0.05) is 53.8 Å². The summed E-state index contributed by atoms with van der Waals surface area (Å²) in [5.41, 5.74) is 8.40. The van der Waals surface area contributed by atoms with Gasteiger partial charge in [-0.2, -0.15) is 0 Å². The number of benzene rings is 2. The Morgan fingerprint density at radius 2 is 1.85 bits per heavy atom. The summed E-state index contributed by atoms with van der Waals surface area (Å²) in [6.07, 6.45) is 6.51. The van der Waals surface area contributed by atoms with E-state index in [-0.39, 0.29) is 18.4 Å². The molecule has 4 nitrogen and oxygen atoms in total. The second kappa shape index (κ2) is 8.95. The van der Waals surface area contributed by atoms with Gasteiger partial charge in [-0.05, 0) is 35.1 Å². The lowest BCUT2D eigenvalue weighted by Crippen LogP contribution is -2.30. The van der Waals surface area contributed by atoms with Crippen LogP contribution in [0.3, 0.4) is 0 Å². The van der Waals surface area contributed by atoms with Gasteiger partial charge in [0.1, 0.15) is 0 Å². The van der Waals surface area contributed by atoms with Gasteiger partial charge in [-0.15, -0.1) is 12.4 Å². The molecule has 0 bridgehead atoms. The third-order valence-corrected chi connectivity index (χ3v) is 5.35. The molecular weight excluding hydrogens is 376 g/mol. The molecular formula is C21H21ClN4S. The first kappa shape index (κ1) is 19.3.